The maximum absolute atomic E-state index is 15.7. The minimum Gasteiger partial charge on any atom is -0.490 e. The van der Waals surface area contributed by atoms with Gasteiger partial charge in [0, 0.05) is 23.1 Å². The number of amidine groups is 1. The van der Waals surface area contributed by atoms with Gasteiger partial charge >= 0.3 is 0 Å². The van der Waals surface area contributed by atoms with Gasteiger partial charge in [-0.25, -0.2) is 22.6 Å². The lowest BCUT2D eigenvalue weighted by Gasteiger charge is -2.41. The molecule has 0 radical (unpaired) electrons. The van der Waals surface area contributed by atoms with Gasteiger partial charge < -0.3 is 15.6 Å². The predicted molar refractivity (Wildman–Crippen MR) is 151 cm³/mol. The van der Waals surface area contributed by atoms with Crippen LogP contribution in [0.2, 0.25) is 0 Å². The lowest BCUT2D eigenvalue weighted by atomic mass is 9.69. The molecular formula is C31H36F5N3O2. The molecule has 1 heterocycles. The van der Waals surface area contributed by atoms with Gasteiger partial charge in [-0.3, -0.25) is 4.39 Å². The number of nitrogens with zero attached hydrogens (tertiary/aromatic N) is 2. The Hall–Kier alpha value is -3.66. The van der Waals surface area contributed by atoms with Gasteiger partial charge in [-0.05, 0) is 61.3 Å². The quantitative estimate of drug-likeness (QED) is 0.155. The average Bonchev–Trinajstić information content (AvgIpc) is 2.94. The summed E-state index contributed by atoms with van der Waals surface area (Å²) in [5.41, 5.74) is 3.12. The highest BCUT2D eigenvalue weighted by Crippen LogP contribution is 2.44. The van der Waals surface area contributed by atoms with Crippen LogP contribution in [-0.2, 0) is 5.60 Å². The second-order valence-electron chi connectivity index (χ2n) is 10.6. The first-order valence-corrected chi connectivity index (χ1v) is 13.3. The van der Waals surface area contributed by atoms with Crippen molar-refractivity contribution in [2.45, 2.75) is 52.6 Å². The zero-order chi connectivity index (χ0) is 30.5. The third-order valence-electron chi connectivity index (χ3n) is 7.80. The molecule has 3 unspecified atom stereocenters. The van der Waals surface area contributed by atoms with Crippen molar-refractivity contribution in [1.82, 2.24) is 5.01 Å². The topological polar surface area (TPSA) is 71.1 Å². The number of rotatable bonds is 12. The van der Waals surface area contributed by atoms with Gasteiger partial charge in [-0.2, -0.15) is 5.10 Å². The average molecular weight is 578 g/mol. The second kappa shape index (κ2) is 12.9. The van der Waals surface area contributed by atoms with Crippen LogP contribution in [0.1, 0.15) is 63.7 Å². The molecule has 3 atom stereocenters. The number of hydrazone groups is 1. The van der Waals surface area contributed by atoms with Crippen molar-refractivity contribution in [3.05, 3.63) is 95.4 Å². The molecule has 3 rings (SSSR count). The van der Waals surface area contributed by atoms with Crippen LogP contribution in [0.15, 0.2) is 72.1 Å². The Labute approximate surface area is 237 Å². The van der Waals surface area contributed by atoms with Crippen molar-refractivity contribution < 1.29 is 31.8 Å². The molecule has 0 saturated carbocycles. The summed E-state index contributed by atoms with van der Waals surface area (Å²) in [6.45, 7) is 9.28. The molecule has 5 nitrogen and oxygen atoms in total. The van der Waals surface area contributed by atoms with E-state index in [9.17, 15) is 22.7 Å². The third-order valence-corrected chi connectivity index (χ3v) is 7.80. The maximum Gasteiger partial charge on any atom is 0.267 e. The molecule has 0 saturated heterocycles. The van der Waals surface area contributed by atoms with Crippen molar-refractivity contribution >= 4 is 11.4 Å². The Morgan fingerprint density at radius 3 is 2.37 bits per heavy atom. The Bertz CT molecular complexity index is 1340. The molecule has 1 aliphatic heterocycles. The van der Waals surface area contributed by atoms with E-state index in [1.165, 1.54) is 49.3 Å². The molecular weight excluding hydrogens is 541 g/mol. The largest absolute Gasteiger partial charge is 0.490 e. The summed E-state index contributed by atoms with van der Waals surface area (Å²) in [4.78, 5) is 0. The van der Waals surface area contributed by atoms with Gasteiger partial charge in [0.25, 0.3) is 6.43 Å². The Morgan fingerprint density at radius 2 is 1.80 bits per heavy atom. The number of alkyl halides is 3. The second-order valence-corrected chi connectivity index (χ2v) is 10.6. The van der Waals surface area contributed by atoms with Gasteiger partial charge in [-0.15, -0.1) is 0 Å². The summed E-state index contributed by atoms with van der Waals surface area (Å²) in [5.74, 6) is -1.76. The smallest absolute Gasteiger partial charge is 0.267 e. The molecule has 3 N–H and O–H groups in total. The van der Waals surface area contributed by atoms with Crippen LogP contribution in [0.5, 0.6) is 5.75 Å². The molecule has 2 aromatic rings. The number of aliphatic hydroxyl groups is 1. The van der Waals surface area contributed by atoms with E-state index in [4.69, 9.17) is 10.5 Å². The number of hydrogen-bond acceptors (Lipinski definition) is 4. The third kappa shape index (κ3) is 6.81. The van der Waals surface area contributed by atoms with E-state index < -0.39 is 47.1 Å². The summed E-state index contributed by atoms with van der Waals surface area (Å²) in [6, 6.07) is 7.27. The molecule has 1 aliphatic rings. The van der Waals surface area contributed by atoms with E-state index in [0.717, 1.165) is 24.6 Å². The van der Waals surface area contributed by atoms with Gasteiger partial charge in [0.1, 0.15) is 11.7 Å². The fourth-order valence-corrected chi connectivity index (χ4v) is 4.29. The van der Waals surface area contributed by atoms with E-state index in [2.05, 4.69) is 11.7 Å². The molecule has 10 heteroatoms. The summed E-state index contributed by atoms with van der Waals surface area (Å²) in [7, 11) is 0. The van der Waals surface area contributed by atoms with Crippen LogP contribution in [0.25, 0.3) is 5.57 Å². The highest BCUT2D eigenvalue weighted by molar-refractivity contribution is 5.83. The number of hydrogen-bond donors (Lipinski definition) is 2. The van der Waals surface area contributed by atoms with Crippen molar-refractivity contribution in [2.75, 3.05) is 13.3 Å². The van der Waals surface area contributed by atoms with E-state index in [1.807, 2.05) is 13.8 Å². The van der Waals surface area contributed by atoms with Crippen LogP contribution in [0, 0.1) is 23.0 Å². The van der Waals surface area contributed by atoms with E-state index in [0.29, 0.717) is 17.1 Å². The molecule has 0 spiro atoms. The molecule has 0 aliphatic carbocycles. The summed E-state index contributed by atoms with van der Waals surface area (Å²) in [6.07, 6.45) is 2.22. The standard InChI is InChI=1S/C31H36F5N3O2/c1-6-19(2)29(37)38-39-15-13-21(17-20(39)3)24-11-12-25(28(35)36)27(26(24)34)41-16-14-30(4,18-32)31(5,40)22-7-9-23(33)10-8-22/h7-13,15,17,19,28,40H,3,6,14,16,18H2,1-2,4-5H3,(H2,37,38). The van der Waals surface area contributed by atoms with Gasteiger partial charge in [0.2, 0.25) is 0 Å². The van der Waals surface area contributed by atoms with Gasteiger partial charge in [0.05, 0.1) is 30.1 Å². The molecule has 41 heavy (non-hydrogen) atoms. The highest BCUT2D eigenvalue weighted by Gasteiger charge is 2.45. The normalized spacial score (nSPS) is 17.7. The van der Waals surface area contributed by atoms with Crippen LogP contribution in [0.3, 0.4) is 0 Å². The van der Waals surface area contributed by atoms with E-state index >= 15 is 4.39 Å². The van der Waals surface area contributed by atoms with Gasteiger partial charge in [-0.1, -0.05) is 45.5 Å². The van der Waals surface area contributed by atoms with Crippen molar-refractivity contribution in [2.24, 2.45) is 22.2 Å². The minimum atomic E-state index is -3.04. The van der Waals surface area contributed by atoms with Crippen molar-refractivity contribution in [3.8, 4) is 5.75 Å². The Balaban J connectivity index is 1.86. The summed E-state index contributed by atoms with van der Waals surface area (Å²) < 4.78 is 76.6. The van der Waals surface area contributed by atoms with E-state index in [1.54, 1.807) is 6.08 Å². The first-order chi connectivity index (χ1) is 19.3. The van der Waals surface area contributed by atoms with Gasteiger partial charge in [0.15, 0.2) is 11.6 Å². The van der Waals surface area contributed by atoms with Crippen LogP contribution < -0.4 is 10.5 Å². The Morgan fingerprint density at radius 1 is 1.15 bits per heavy atom. The zero-order valence-electron chi connectivity index (χ0n) is 23.6. The molecule has 222 valence electrons. The SMILES string of the molecule is C=C1C=C(c2ccc(C(F)F)c(OCCC(C)(CF)C(C)(O)c3ccc(F)cc3)c2F)C=CN1/N=C(/N)C(C)CC. The Kier molecular flexibility index (Phi) is 10.0. The summed E-state index contributed by atoms with van der Waals surface area (Å²) >= 11 is 0. The fourth-order valence-electron chi connectivity index (χ4n) is 4.29. The summed E-state index contributed by atoms with van der Waals surface area (Å²) in [5, 5.41) is 17.0. The molecule has 0 aromatic heterocycles. The highest BCUT2D eigenvalue weighted by atomic mass is 19.3. The van der Waals surface area contributed by atoms with Crippen LogP contribution in [-0.4, -0.2) is 29.2 Å². The van der Waals surface area contributed by atoms with Crippen LogP contribution >= 0.6 is 0 Å². The monoisotopic (exact) mass is 577 g/mol. The lowest BCUT2D eigenvalue weighted by molar-refractivity contribution is -0.0882. The van der Waals surface area contributed by atoms with E-state index in [-0.39, 0.29) is 30.1 Å². The maximum atomic E-state index is 15.7. The number of benzene rings is 2. The first kappa shape index (κ1) is 31.9. The fraction of sp³-hybridized carbons (Fsp3) is 0.387. The molecule has 0 fully saturated rings. The zero-order valence-corrected chi connectivity index (χ0v) is 23.6. The number of ether oxygens (including phenoxy) is 1. The molecule has 0 amide bonds. The first-order valence-electron chi connectivity index (χ1n) is 13.3. The number of halogens is 5. The number of allylic oxidation sites excluding steroid dienone is 3. The predicted octanol–water partition coefficient (Wildman–Crippen LogP) is 7.60. The van der Waals surface area contributed by atoms with Crippen molar-refractivity contribution in [3.63, 3.8) is 0 Å². The number of nitrogens with two attached hydrogens (primary N) is 1. The van der Waals surface area contributed by atoms with Crippen LogP contribution in [0.4, 0.5) is 22.0 Å². The molecule has 2 aromatic carbocycles. The van der Waals surface area contributed by atoms with Crippen molar-refractivity contribution in [1.29, 1.82) is 0 Å². The lowest BCUT2D eigenvalue weighted by Crippen LogP contribution is -2.44. The minimum absolute atomic E-state index is 0.00751. The molecule has 0 bridgehead atoms.